The van der Waals surface area contributed by atoms with Crippen LogP contribution in [-0.4, -0.2) is 27.5 Å². The summed E-state index contributed by atoms with van der Waals surface area (Å²) >= 11 is 13.6. The van der Waals surface area contributed by atoms with Crippen molar-refractivity contribution < 1.29 is 9.21 Å². The Morgan fingerprint density at radius 2 is 2.06 bits per heavy atom. The molecule has 8 heteroatoms. The van der Waals surface area contributed by atoms with Crippen LogP contribution in [0.25, 0.3) is 17.4 Å². The number of carbonyl (C=O) groups is 1. The van der Waals surface area contributed by atoms with Crippen molar-refractivity contribution in [1.82, 2.24) is 9.88 Å². The van der Waals surface area contributed by atoms with Crippen LogP contribution in [0.5, 0.6) is 0 Å². The van der Waals surface area contributed by atoms with E-state index in [1.807, 2.05) is 19.1 Å². The summed E-state index contributed by atoms with van der Waals surface area (Å²) in [4.78, 5) is 24.0. The SMILES string of the molecule is C=CCN1C(=O)/C(=C\c2ccc(-c3cc(Cl)ccc3Cl)o2)S/C1=N/c1cccc(C)n1. The van der Waals surface area contributed by atoms with Crippen LogP contribution in [-0.2, 0) is 4.79 Å². The van der Waals surface area contributed by atoms with Gasteiger partial charge in [-0.05, 0) is 61.2 Å². The fourth-order valence-electron chi connectivity index (χ4n) is 2.96. The number of hydrogen-bond acceptors (Lipinski definition) is 5. The molecule has 3 aromatic rings. The third kappa shape index (κ3) is 4.77. The number of carbonyl (C=O) groups excluding carboxylic acids is 1. The molecule has 0 spiro atoms. The van der Waals surface area contributed by atoms with E-state index in [-0.39, 0.29) is 5.91 Å². The summed E-state index contributed by atoms with van der Waals surface area (Å²) in [5.41, 5.74) is 1.54. The Bertz CT molecular complexity index is 1230. The van der Waals surface area contributed by atoms with Gasteiger partial charge in [0.25, 0.3) is 5.91 Å². The summed E-state index contributed by atoms with van der Waals surface area (Å²) in [6, 6.07) is 14.3. The lowest BCUT2D eigenvalue weighted by Gasteiger charge is -2.12. The summed E-state index contributed by atoms with van der Waals surface area (Å²) < 4.78 is 5.90. The quantitative estimate of drug-likeness (QED) is 0.306. The molecule has 31 heavy (non-hydrogen) atoms. The van der Waals surface area contributed by atoms with Gasteiger partial charge in [-0.3, -0.25) is 9.69 Å². The van der Waals surface area contributed by atoms with Gasteiger partial charge in [-0.2, -0.15) is 0 Å². The summed E-state index contributed by atoms with van der Waals surface area (Å²) in [5.74, 6) is 1.46. The van der Waals surface area contributed by atoms with Gasteiger partial charge in [-0.15, -0.1) is 6.58 Å². The number of amides is 1. The van der Waals surface area contributed by atoms with Crippen molar-refractivity contribution in [2.24, 2.45) is 4.99 Å². The summed E-state index contributed by atoms with van der Waals surface area (Å²) in [5, 5.41) is 1.63. The number of nitrogens with zero attached hydrogens (tertiary/aromatic N) is 3. The fourth-order valence-corrected chi connectivity index (χ4v) is 4.32. The van der Waals surface area contributed by atoms with Gasteiger partial charge in [0.05, 0.1) is 9.93 Å². The molecule has 0 unspecified atom stereocenters. The predicted octanol–water partition coefficient (Wildman–Crippen LogP) is 6.75. The lowest BCUT2D eigenvalue weighted by atomic mass is 10.2. The van der Waals surface area contributed by atoms with Crippen molar-refractivity contribution in [3.63, 3.8) is 0 Å². The van der Waals surface area contributed by atoms with Crippen LogP contribution in [0.3, 0.4) is 0 Å². The van der Waals surface area contributed by atoms with Crippen LogP contribution >= 0.6 is 35.0 Å². The van der Waals surface area contributed by atoms with Crippen molar-refractivity contribution in [1.29, 1.82) is 0 Å². The smallest absolute Gasteiger partial charge is 0.267 e. The lowest BCUT2D eigenvalue weighted by Crippen LogP contribution is -2.29. The van der Waals surface area contributed by atoms with Crippen molar-refractivity contribution in [3.8, 4) is 11.3 Å². The summed E-state index contributed by atoms with van der Waals surface area (Å²) in [6.45, 7) is 5.98. The molecule has 5 nitrogen and oxygen atoms in total. The number of furan rings is 1. The Kier molecular flexibility index (Phi) is 6.32. The minimum atomic E-state index is -0.171. The second kappa shape index (κ2) is 9.14. The average molecular weight is 470 g/mol. The van der Waals surface area contributed by atoms with Crippen molar-refractivity contribution in [2.75, 3.05) is 6.54 Å². The Hall–Kier alpha value is -2.80. The molecule has 3 heterocycles. The summed E-state index contributed by atoms with van der Waals surface area (Å²) in [7, 11) is 0. The maximum absolute atomic E-state index is 13.0. The Morgan fingerprint density at radius 1 is 1.23 bits per heavy atom. The topological polar surface area (TPSA) is 58.7 Å². The number of aliphatic imine (C=N–C) groups is 1. The Labute approximate surface area is 194 Å². The van der Waals surface area contributed by atoms with Crippen LogP contribution in [0.2, 0.25) is 10.0 Å². The number of hydrogen-bond donors (Lipinski definition) is 0. The number of thioether (sulfide) groups is 1. The van der Waals surface area contributed by atoms with Gasteiger partial charge in [0.1, 0.15) is 11.5 Å². The zero-order valence-electron chi connectivity index (χ0n) is 16.5. The highest BCUT2D eigenvalue weighted by Crippen LogP contribution is 2.36. The molecule has 1 aliphatic heterocycles. The highest BCUT2D eigenvalue weighted by atomic mass is 35.5. The minimum absolute atomic E-state index is 0.171. The molecule has 1 amide bonds. The molecule has 0 bridgehead atoms. The fraction of sp³-hybridized carbons (Fsp3) is 0.0870. The van der Waals surface area contributed by atoms with Crippen molar-refractivity contribution >= 4 is 57.9 Å². The van der Waals surface area contributed by atoms with E-state index in [0.29, 0.717) is 49.6 Å². The van der Waals surface area contributed by atoms with Crippen molar-refractivity contribution in [3.05, 3.63) is 87.6 Å². The number of rotatable bonds is 5. The molecule has 1 aromatic carbocycles. The maximum Gasteiger partial charge on any atom is 0.267 e. The number of aromatic nitrogens is 1. The number of halogens is 2. The predicted molar refractivity (Wildman–Crippen MR) is 128 cm³/mol. The first kappa shape index (κ1) is 21.4. The first-order valence-corrected chi connectivity index (χ1v) is 10.9. The van der Waals surface area contributed by atoms with E-state index in [1.165, 1.54) is 11.8 Å². The molecule has 1 saturated heterocycles. The van der Waals surface area contributed by atoms with Gasteiger partial charge in [-0.1, -0.05) is 35.3 Å². The van der Waals surface area contributed by atoms with E-state index in [4.69, 9.17) is 27.6 Å². The Balaban J connectivity index is 1.65. The van der Waals surface area contributed by atoms with Gasteiger partial charge in [0.2, 0.25) is 0 Å². The molecule has 1 aliphatic rings. The normalized spacial score (nSPS) is 16.5. The Morgan fingerprint density at radius 3 is 2.84 bits per heavy atom. The summed E-state index contributed by atoms with van der Waals surface area (Å²) in [6.07, 6.45) is 3.35. The average Bonchev–Trinajstić information content (AvgIpc) is 3.31. The molecule has 0 radical (unpaired) electrons. The number of benzene rings is 1. The molecule has 1 fully saturated rings. The van der Waals surface area contributed by atoms with Gasteiger partial charge in [0.15, 0.2) is 11.0 Å². The van der Waals surface area contributed by atoms with E-state index in [0.717, 1.165) is 5.69 Å². The zero-order chi connectivity index (χ0) is 22.0. The highest BCUT2D eigenvalue weighted by molar-refractivity contribution is 8.18. The molecular weight excluding hydrogens is 453 g/mol. The van der Waals surface area contributed by atoms with Crippen LogP contribution in [0.4, 0.5) is 5.82 Å². The van der Waals surface area contributed by atoms with E-state index < -0.39 is 0 Å². The number of amidine groups is 1. The van der Waals surface area contributed by atoms with Crippen LogP contribution in [0, 0.1) is 6.92 Å². The van der Waals surface area contributed by atoms with Gasteiger partial charge < -0.3 is 4.42 Å². The van der Waals surface area contributed by atoms with E-state index in [2.05, 4.69) is 16.6 Å². The van der Waals surface area contributed by atoms with Crippen LogP contribution in [0.1, 0.15) is 11.5 Å². The molecule has 0 atom stereocenters. The molecular formula is C23H17Cl2N3O2S. The number of pyridine rings is 1. The van der Waals surface area contributed by atoms with E-state index >= 15 is 0 Å². The third-order valence-electron chi connectivity index (χ3n) is 4.38. The number of aryl methyl sites for hydroxylation is 1. The highest BCUT2D eigenvalue weighted by Gasteiger charge is 2.33. The minimum Gasteiger partial charge on any atom is -0.457 e. The first-order valence-electron chi connectivity index (χ1n) is 9.34. The molecule has 2 aromatic heterocycles. The first-order chi connectivity index (χ1) is 14.9. The van der Waals surface area contributed by atoms with E-state index in [9.17, 15) is 4.79 Å². The van der Waals surface area contributed by atoms with Crippen LogP contribution in [0.15, 0.2) is 75.5 Å². The molecule has 0 N–H and O–H groups in total. The van der Waals surface area contributed by atoms with Gasteiger partial charge in [-0.25, -0.2) is 9.98 Å². The maximum atomic E-state index is 13.0. The molecule has 156 valence electrons. The van der Waals surface area contributed by atoms with E-state index in [1.54, 1.807) is 53.5 Å². The monoisotopic (exact) mass is 469 g/mol. The molecule has 0 saturated carbocycles. The van der Waals surface area contributed by atoms with Crippen LogP contribution < -0.4 is 0 Å². The largest absolute Gasteiger partial charge is 0.457 e. The molecule has 0 aliphatic carbocycles. The zero-order valence-corrected chi connectivity index (χ0v) is 18.8. The van der Waals surface area contributed by atoms with Crippen molar-refractivity contribution in [2.45, 2.75) is 6.92 Å². The second-order valence-corrected chi connectivity index (χ2v) is 8.53. The standard InChI is InChI=1S/C23H17Cl2N3O2S/c1-3-11-28-22(29)20(31-23(28)27-21-6-4-5-14(2)26-21)13-16-8-10-19(30-16)17-12-15(24)7-9-18(17)25/h3-10,12-13H,1,11H2,2H3/b20-13+,27-23+. The third-order valence-corrected chi connectivity index (χ3v) is 5.95. The lowest BCUT2D eigenvalue weighted by molar-refractivity contribution is -0.121. The van der Waals surface area contributed by atoms with Gasteiger partial charge in [0, 0.05) is 28.9 Å². The molecule has 4 rings (SSSR count). The second-order valence-electron chi connectivity index (χ2n) is 6.67. The van der Waals surface area contributed by atoms with Gasteiger partial charge >= 0.3 is 0 Å².